The van der Waals surface area contributed by atoms with E-state index in [0.717, 1.165) is 12.8 Å². The molecule has 198 valence electrons. The van der Waals surface area contributed by atoms with Gasteiger partial charge in [-0.1, -0.05) is 133 Å². The average Bonchev–Trinajstić information content (AvgIpc) is 2.83. The molecular weight excluding hydrogens is 416 g/mol. The van der Waals surface area contributed by atoms with Gasteiger partial charge in [0.15, 0.2) is 0 Å². The van der Waals surface area contributed by atoms with E-state index in [9.17, 15) is 4.79 Å². The third-order valence-electron chi connectivity index (χ3n) is 6.49. The van der Waals surface area contributed by atoms with E-state index in [0.29, 0.717) is 6.42 Å². The van der Waals surface area contributed by atoms with Gasteiger partial charge in [-0.3, -0.25) is 4.79 Å². The monoisotopic (exact) mass is 474 g/mol. The Morgan fingerprint density at radius 3 is 1.09 bits per heavy atom. The second kappa shape index (κ2) is 29.7. The largest absolute Gasteiger partial charge is 0.481 e. The molecule has 0 saturated carbocycles. The lowest BCUT2D eigenvalue weighted by Crippen LogP contribution is -1.93. The van der Waals surface area contributed by atoms with E-state index >= 15 is 0 Å². The van der Waals surface area contributed by atoms with Gasteiger partial charge < -0.3 is 5.11 Å². The summed E-state index contributed by atoms with van der Waals surface area (Å²) in [7, 11) is 0. The molecule has 0 saturated heterocycles. The van der Waals surface area contributed by atoms with Gasteiger partial charge in [-0.15, -0.1) is 0 Å². The number of aliphatic carboxylic acids is 1. The predicted molar refractivity (Wildman–Crippen MR) is 152 cm³/mol. The summed E-state index contributed by atoms with van der Waals surface area (Å²) in [6, 6.07) is 0. The lowest BCUT2D eigenvalue weighted by Gasteiger charge is -2.01. The van der Waals surface area contributed by atoms with Crippen LogP contribution >= 0.6 is 0 Å². The fourth-order valence-corrected chi connectivity index (χ4v) is 4.26. The van der Waals surface area contributed by atoms with Crippen LogP contribution in [-0.2, 0) is 4.79 Å². The van der Waals surface area contributed by atoms with Crippen molar-refractivity contribution in [3.63, 3.8) is 0 Å². The van der Waals surface area contributed by atoms with Gasteiger partial charge in [-0.25, -0.2) is 0 Å². The maximum absolute atomic E-state index is 10.4. The molecular formula is C32H58O2. The van der Waals surface area contributed by atoms with Crippen molar-refractivity contribution in [1.29, 1.82) is 0 Å². The maximum atomic E-state index is 10.4. The zero-order valence-corrected chi connectivity index (χ0v) is 22.8. The van der Waals surface area contributed by atoms with Gasteiger partial charge in [0.2, 0.25) is 0 Å². The first-order valence-electron chi connectivity index (χ1n) is 14.9. The maximum Gasteiger partial charge on any atom is 0.303 e. The Morgan fingerprint density at radius 1 is 0.441 bits per heavy atom. The first kappa shape index (κ1) is 32.7. The van der Waals surface area contributed by atoms with Gasteiger partial charge in [-0.05, 0) is 57.8 Å². The topological polar surface area (TPSA) is 37.3 Å². The SMILES string of the molecule is CCCCCCCCCC/C=C\CC/C=C\CC/C=C\CCCCCCCCCCCC(=O)O. The van der Waals surface area contributed by atoms with Crippen molar-refractivity contribution in [3.05, 3.63) is 36.5 Å². The summed E-state index contributed by atoms with van der Waals surface area (Å²) in [5.74, 6) is -0.659. The summed E-state index contributed by atoms with van der Waals surface area (Å²) in [5.41, 5.74) is 0. The molecule has 0 atom stereocenters. The van der Waals surface area contributed by atoms with Crippen LogP contribution in [-0.4, -0.2) is 11.1 Å². The first-order chi connectivity index (χ1) is 16.8. The van der Waals surface area contributed by atoms with E-state index < -0.39 is 5.97 Å². The fraction of sp³-hybridized carbons (Fsp3) is 0.781. The quantitative estimate of drug-likeness (QED) is 0.0949. The fourth-order valence-electron chi connectivity index (χ4n) is 4.26. The molecule has 0 aromatic heterocycles. The first-order valence-corrected chi connectivity index (χ1v) is 14.9. The lowest BCUT2D eigenvalue weighted by atomic mass is 10.1. The summed E-state index contributed by atoms with van der Waals surface area (Å²) in [6.45, 7) is 2.28. The third-order valence-corrected chi connectivity index (χ3v) is 6.49. The predicted octanol–water partition coefficient (Wildman–Crippen LogP) is 11.1. The Morgan fingerprint density at radius 2 is 0.735 bits per heavy atom. The normalized spacial score (nSPS) is 12.0. The lowest BCUT2D eigenvalue weighted by molar-refractivity contribution is -0.137. The van der Waals surface area contributed by atoms with Crippen molar-refractivity contribution in [2.45, 2.75) is 161 Å². The van der Waals surface area contributed by atoms with Crippen LogP contribution < -0.4 is 0 Å². The molecule has 2 nitrogen and oxygen atoms in total. The van der Waals surface area contributed by atoms with Crippen LogP contribution in [0, 0.1) is 0 Å². The molecule has 0 unspecified atom stereocenters. The molecule has 0 amide bonds. The minimum absolute atomic E-state index is 0.334. The molecule has 0 spiro atoms. The third kappa shape index (κ3) is 30.7. The Bertz CT molecular complexity index is 489. The van der Waals surface area contributed by atoms with Crippen LogP contribution in [0.25, 0.3) is 0 Å². The minimum Gasteiger partial charge on any atom is -0.481 e. The van der Waals surface area contributed by atoms with E-state index in [1.54, 1.807) is 0 Å². The number of rotatable bonds is 27. The Balaban J connectivity index is 3.23. The van der Waals surface area contributed by atoms with Crippen LogP contribution in [0.2, 0.25) is 0 Å². The highest BCUT2D eigenvalue weighted by atomic mass is 16.4. The summed E-state index contributed by atoms with van der Waals surface area (Å²) in [6.07, 6.45) is 44.0. The number of allylic oxidation sites excluding steroid dienone is 6. The van der Waals surface area contributed by atoms with E-state index in [1.807, 2.05) is 0 Å². The second-order valence-electron chi connectivity index (χ2n) is 9.95. The summed E-state index contributed by atoms with van der Waals surface area (Å²) >= 11 is 0. The Labute approximate surface area is 213 Å². The summed E-state index contributed by atoms with van der Waals surface area (Å²) < 4.78 is 0. The molecule has 0 aliphatic rings. The van der Waals surface area contributed by atoms with Crippen molar-refractivity contribution < 1.29 is 9.90 Å². The molecule has 0 radical (unpaired) electrons. The van der Waals surface area contributed by atoms with Crippen LogP contribution in [0.5, 0.6) is 0 Å². The molecule has 0 aliphatic heterocycles. The van der Waals surface area contributed by atoms with E-state index in [1.165, 1.54) is 135 Å². The average molecular weight is 475 g/mol. The molecule has 34 heavy (non-hydrogen) atoms. The highest BCUT2D eigenvalue weighted by Crippen LogP contribution is 2.12. The molecule has 0 bridgehead atoms. The highest BCUT2D eigenvalue weighted by molar-refractivity contribution is 5.66. The summed E-state index contributed by atoms with van der Waals surface area (Å²) in [4.78, 5) is 10.4. The molecule has 0 aromatic rings. The molecule has 0 heterocycles. The van der Waals surface area contributed by atoms with Crippen LogP contribution in [0.4, 0.5) is 0 Å². The molecule has 1 N–H and O–H groups in total. The van der Waals surface area contributed by atoms with Crippen LogP contribution in [0.15, 0.2) is 36.5 Å². The summed E-state index contributed by atoms with van der Waals surface area (Å²) in [5, 5.41) is 8.60. The smallest absolute Gasteiger partial charge is 0.303 e. The number of hydrogen-bond donors (Lipinski definition) is 1. The number of unbranched alkanes of at least 4 members (excludes halogenated alkanes) is 19. The molecule has 0 aliphatic carbocycles. The van der Waals surface area contributed by atoms with Gasteiger partial charge in [0.1, 0.15) is 0 Å². The van der Waals surface area contributed by atoms with Crippen molar-refractivity contribution in [3.8, 4) is 0 Å². The van der Waals surface area contributed by atoms with Gasteiger partial charge in [-0.2, -0.15) is 0 Å². The number of carbonyl (C=O) groups is 1. The minimum atomic E-state index is -0.659. The molecule has 2 heteroatoms. The zero-order valence-electron chi connectivity index (χ0n) is 22.8. The number of carboxylic acids is 1. The van der Waals surface area contributed by atoms with E-state index in [-0.39, 0.29) is 0 Å². The van der Waals surface area contributed by atoms with Gasteiger partial charge in [0.25, 0.3) is 0 Å². The molecule has 0 rings (SSSR count). The number of carboxylic acid groups (broad SMARTS) is 1. The molecule has 0 fully saturated rings. The molecule has 0 aromatic carbocycles. The van der Waals surface area contributed by atoms with Crippen molar-refractivity contribution >= 4 is 5.97 Å². The van der Waals surface area contributed by atoms with E-state index in [2.05, 4.69) is 43.4 Å². The Kier molecular flexibility index (Phi) is 28.6. The van der Waals surface area contributed by atoms with Crippen molar-refractivity contribution in [2.24, 2.45) is 0 Å². The Hall–Kier alpha value is -1.31. The van der Waals surface area contributed by atoms with E-state index in [4.69, 9.17) is 5.11 Å². The van der Waals surface area contributed by atoms with Crippen LogP contribution in [0.3, 0.4) is 0 Å². The second-order valence-corrected chi connectivity index (χ2v) is 9.95. The van der Waals surface area contributed by atoms with Gasteiger partial charge >= 0.3 is 5.97 Å². The van der Waals surface area contributed by atoms with Crippen LogP contribution in [0.1, 0.15) is 161 Å². The standard InChI is InChI=1S/C32H58O2/c1-2-3-4-5-6-7-8-9-10-11-12-13-14-15-16-17-18-19-20-21-22-23-24-25-26-27-28-29-30-31-32(33)34/h11-12,15-16,19-20H,2-10,13-14,17-18,21-31H2,1H3,(H,33,34)/b12-11-,16-15-,20-19-. The van der Waals surface area contributed by atoms with Gasteiger partial charge in [0.05, 0.1) is 0 Å². The van der Waals surface area contributed by atoms with Crippen molar-refractivity contribution in [1.82, 2.24) is 0 Å². The van der Waals surface area contributed by atoms with Crippen molar-refractivity contribution in [2.75, 3.05) is 0 Å². The van der Waals surface area contributed by atoms with Gasteiger partial charge in [0, 0.05) is 6.42 Å². The highest BCUT2D eigenvalue weighted by Gasteiger charge is 1.96. The zero-order chi connectivity index (χ0) is 24.8. The number of hydrogen-bond acceptors (Lipinski definition) is 1.